The largest absolute Gasteiger partial charge is 0.493 e. The molecule has 1 aromatic carbocycles. The summed E-state index contributed by atoms with van der Waals surface area (Å²) in [5.41, 5.74) is 4.60. The van der Waals surface area contributed by atoms with Crippen LogP contribution in [0.2, 0.25) is 0 Å². The minimum Gasteiger partial charge on any atom is -0.493 e. The molecular formula is C26H34N2O4. The summed E-state index contributed by atoms with van der Waals surface area (Å²) in [6, 6.07) is 6.12. The third-order valence-electron chi connectivity index (χ3n) is 6.38. The molecule has 2 heterocycles. The Balaban J connectivity index is 1.89. The molecule has 6 nitrogen and oxygen atoms in total. The lowest BCUT2D eigenvalue weighted by Gasteiger charge is -2.26. The molecule has 0 spiro atoms. The lowest BCUT2D eigenvalue weighted by molar-refractivity contribution is -0.161. The molecule has 6 heteroatoms. The number of aromatic nitrogens is 2. The topological polar surface area (TPSA) is 73.6 Å². The number of rotatable bonds is 6. The Labute approximate surface area is 190 Å². The van der Waals surface area contributed by atoms with Gasteiger partial charge in [0.25, 0.3) is 0 Å². The zero-order valence-corrected chi connectivity index (χ0v) is 19.6. The molecule has 1 saturated carbocycles. The predicted molar refractivity (Wildman–Crippen MR) is 125 cm³/mol. The molecule has 1 atom stereocenters. The van der Waals surface area contributed by atoms with Gasteiger partial charge >= 0.3 is 5.97 Å². The maximum Gasteiger partial charge on any atom is 0.339 e. The van der Waals surface area contributed by atoms with Crippen LogP contribution in [0, 0.1) is 5.92 Å². The summed E-state index contributed by atoms with van der Waals surface area (Å²) in [5.74, 6) is 0.259. The van der Waals surface area contributed by atoms with E-state index < -0.39 is 17.7 Å². The summed E-state index contributed by atoms with van der Waals surface area (Å²) in [5, 5.41) is 14.9. The highest BCUT2D eigenvalue weighted by Gasteiger charge is 2.35. The molecule has 0 saturated heterocycles. The molecule has 172 valence electrons. The van der Waals surface area contributed by atoms with Gasteiger partial charge in [0.2, 0.25) is 0 Å². The van der Waals surface area contributed by atoms with Gasteiger partial charge < -0.3 is 14.6 Å². The van der Waals surface area contributed by atoms with E-state index >= 15 is 0 Å². The summed E-state index contributed by atoms with van der Waals surface area (Å²) in [4.78, 5) is 12.4. The maximum absolute atomic E-state index is 12.4. The molecule has 2 aliphatic rings. The van der Waals surface area contributed by atoms with Crippen molar-refractivity contribution in [3.05, 3.63) is 41.7 Å². The summed E-state index contributed by atoms with van der Waals surface area (Å²) in [6.45, 7) is 10.8. The summed E-state index contributed by atoms with van der Waals surface area (Å²) < 4.78 is 13.5. The fraction of sp³-hybridized carbons (Fsp3) is 0.538. The quantitative estimate of drug-likeness (QED) is 0.639. The Morgan fingerprint density at radius 2 is 2.00 bits per heavy atom. The van der Waals surface area contributed by atoms with Gasteiger partial charge in [-0.15, -0.1) is 0 Å². The number of aryl methyl sites for hydroxylation is 2. The number of allylic oxidation sites excluding steroid dienone is 1. The van der Waals surface area contributed by atoms with E-state index in [4.69, 9.17) is 14.6 Å². The number of carbonyl (C=O) groups is 1. The van der Waals surface area contributed by atoms with Crippen LogP contribution in [0.25, 0.3) is 16.7 Å². The number of benzene rings is 1. The smallest absolute Gasteiger partial charge is 0.339 e. The minimum absolute atomic E-state index is 0.379. The Kier molecular flexibility index (Phi) is 6.17. The summed E-state index contributed by atoms with van der Waals surface area (Å²) in [6.07, 6.45) is 5.37. The zero-order chi connectivity index (χ0) is 23.0. The van der Waals surface area contributed by atoms with E-state index in [1.54, 1.807) is 11.7 Å². The maximum atomic E-state index is 12.4. The van der Waals surface area contributed by atoms with E-state index in [0.717, 1.165) is 66.0 Å². The summed E-state index contributed by atoms with van der Waals surface area (Å²) >= 11 is 0. The van der Waals surface area contributed by atoms with Gasteiger partial charge in [0.05, 0.1) is 23.6 Å². The number of hydrogen-bond donors (Lipinski definition) is 1. The average Bonchev–Trinajstić information content (AvgIpc) is 3.38. The van der Waals surface area contributed by atoms with E-state index in [2.05, 4.69) is 12.6 Å². The van der Waals surface area contributed by atoms with Crippen molar-refractivity contribution in [3.8, 4) is 16.9 Å². The van der Waals surface area contributed by atoms with Crippen LogP contribution in [0.15, 0.2) is 24.8 Å². The molecule has 1 fully saturated rings. The Morgan fingerprint density at radius 3 is 2.66 bits per heavy atom. The second-order valence-electron chi connectivity index (χ2n) is 9.96. The molecule has 1 N–H and O–H groups in total. The first kappa shape index (κ1) is 22.6. The van der Waals surface area contributed by atoms with Crippen molar-refractivity contribution in [3.63, 3.8) is 0 Å². The van der Waals surface area contributed by atoms with Gasteiger partial charge in [0.15, 0.2) is 6.10 Å². The molecule has 1 aliphatic heterocycles. The molecule has 4 rings (SSSR count). The SMILES string of the molecule is C=C(c1nn(C)c(C(OC(C)(C)C)C(=O)O)c1-c1ccc2c(c1)CCCO2)C1CCCC1. The first-order chi connectivity index (χ1) is 15.2. The minimum atomic E-state index is -1.14. The Hall–Kier alpha value is -2.60. The first-order valence-electron chi connectivity index (χ1n) is 11.6. The van der Waals surface area contributed by atoms with E-state index in [-0.39, 0.29) is 0 Å². The number of carboxylic acid groups (broad SMARTS) is 1. The molecule has 0 radical (unpaired) electrons. The van der Waals surface area contributed by atoms with Crippen LogP contribution in [-0.4, -0.2) is 33.1 Å². The van der Waals surface area contributed by atoms with Crippen LogP contribution in [0.4, 0.5) is 0 Å². The van der Waals surface area contributed by atoms with E-state index in [1.165, 1.54) is 12.8 Å². The van der Waals surface area contributed by atoms with Crippen LogP contribution >= 0.6 is 0 Å². The van der Waals surface area contributed by atoms with E-state index in [9.17, 15) is 9.90 Å². The van der Waals surface area contributed by atoms with Gasteiger partial charge in [-0.3, -0.25) is 4.68 Å². The molecule has 1 aromatic heterocycles. The van der Waals surface area contributed by atoms with Crippen LogP contribution < -0.4 is 4.74 Å². The standard InChI is InChI=1S/C26H34N2O4/c1-16(17-9-6-7-10-17)22-21(19-12-13-20-18(15-19)11-8-14-31-20)23(28(5)27-22)24(25(29)30)32-26(2,3)4/h12-13,15,17,24H,1,6-11,14H2,2-5H3,(H,29,30). The number of fused-ring (bicyclic) bond motifs is 1. The van der Waals surface area contributed by atoms with Crippen molar-refractivity contribution in [1.82, 2.24) is 9.78 Å². The van der Waals surface area contributed by atoms with Gasteiger partial charge in [0, 0.05) is 12.6 Å². The average molecular weight is 439 g/mol. The number of hydrogen-bond acceptors (Lipinski definition) is 4. The van der Waals surface area contributed by atoms with Crippen molar-refractivity contribution in [2.75, 3.05) is 6.61 Å². The van der Waals surface area contributed by atoms with Crippen LogP contribution in [0.3, 0.4) is 0 Å². The normalized spacial score (nSPS) is 17.6. The number of aliphatic carboxylic acids is 1. The highest BCUT2D eigenvalue weighted by molar-refractivity contribution is 5.86. The zero-order valence-electron chi connectivity index (χ0n) is 19.6. The molecule has 1 aliphatic carbocycles. The molecular weight excluding hydrogens is 404 g/mol. The lowest BCUT2D eigenvalue weighted by atomic mass is 9.89. The second-order valence-corrected chi connectivity index (χ2v) is 9.96. The van der Waals surface area contributed by atoms with Gasteiger partial charge in [-0.2, -0.15) is 5.10 Å². The fourth-order valence-electron chi connectivity index (χ4n) is 4.91. The van der Waals surface area contributed by atoms with Gasteiger partial charge in [-0.1, -0.05) is 25.5 Å². The summed E-state index contributed by atoms with van der Waals surface area (Å²) in [7, 11) is 1.80. The van der Waals surface area contributed by atoms with Crippen molar-refractivity contribution < 1.29 is 19.4 Å². The van der Waals surface area contributed by atoms with Crippen LogP contribution in [0.1, 0.15) is 75.9 Å². The molecule has 32 heavy (non-hydrogen) atoms. The van der Waals surface area contributed by atoms with E-state index in [1.807, 2.05) is 32.9 Å². The van der Waals surface area contributed by atoms with E-state index in [0.29, 0.717) is 11.6 Å². The van der Waals surface area contributed by atoms with Crippen molar-refractivity contribution in [1.29, 1.82) is 0 Å². The first-order valence-corrected chi connectivity index (χ1v) is 11.6. The highest BCUT2D eigenvalue weighted by Crippen LogP contribution is 2.43. The molecule has 1 unspecified atom stereocenters. The van der Waals surface area contributed by atoms with Crippen LogP contribution in [-0.2, 0) is 23.0 Å². The lowest BCUT2D eigenvalue weighted by Crippen LogP contribution is -2.29. The number of carboxylic acids is 1. The van der Waals surface area contributed by atoms with Crippen molar-refractivity contribution >= 4 is 11.5 Å². The fourth-order valence-corrected chi connectivity index (χ4v) is 4.91. The monoisotopic (exact) mass is 438 g/mol. The third-order valence-corrected chi connectivity index (χ3v) is 6.38. The third kappa shape index (κ3) is 4.46. The molecule has 0 bridgehead atoms. The predicted octanol–water partition coefficient (Wildman–Crippen LogP) is 5.56. The highest BCUT2D eigenvalue weighted by atomic mass is 16.5. The number of ether oxygens (including phenoxy) is 2. The van der Waals surface area contributed by atoms with Gasteiger partial charge in [-0.25, -0.2) is 4.79 Å². The van der Waals surface area contributed by atoms with Crippen molar-refractivity contribution in [2.45, 2.75) is 71.0 Å². The molecule has 0 amide bonds. The Morgan fingerprint density at radius 1 is 1.28 bits per heavy atom. The van der Waals surface area contributed by atoms with Gasteiger partial charge in [-0.05, 0) is 81.2 Å². The molecule has 2 aromatic rings. The van der Waals surface area contributed by atoms with Crippen LogP contribution in [0.5, 0.6) is 5.75 Å². The second kappa shape index (κ2) is 8.74. The Bertz CT molecular complexity index is 1030. The van der Waals surface area contributed by atoms with Gasteiger partial charge in [0.1, 0.15) is 5.75 Å². The van der Waals surface area contributed by atoms with Crippen molar-refractivity contribution in [2.24, 2.45) is 13.0 Å². The number of nitrogens with zero attached hydrogens (tertiary/aromatic N) is 2.